The zero-order chi connectivity index (χ0) is 19.4. The standard InChI is InChI=1S/C20H24N4O3/c1-20(2,3)17-18(21-12-16(25)23-26)22-19-15(10-7-11-24(17)19)27-13-14-8-5-4-6-9-14/h4-11,21,26H,12-13H2,1-3H3,(H,23,25). The number of carbonyl (C=O) groups is 1. The molecule has 3 aromatic rings. The number of rotatable bonds is 6. The van der Waals surface area contributed by atoms with Gasteiger partial charge < -0.3 is 10.1 Å². The van der Waals surface area contributed by atoms with Gasteiger partial charge in [-0.25, -0.2) is 10.5 Å². The van der Waals surface area contributed by atoms with Gasteiger partial charge in [0.15, 0.2) is 11.4 Å². The minimum Gasteiger partial charge on any atom is -0.485 e. The number of imidazole rings is 1. The van der Waals surface area contributed by atoms with E-state index in [0.717, 1.165) is 11.3 Å². The number of hydroxylamine groups is 1. The van der Waals surface area contributed by atoms with Crippen LogP contribution in [0.15, 0.2) is 48.7 Å². The van der Waals surface area contributed by atoms with E-state index < -0.39 is 5.91 Å². The summed E-state index contributed by atoms with van der Waals surface area (Å²) in [6.07, 6.45) is 1.93. The maximum atomic E-state index is 11.4. The van der Waals surface area contributed by atoms with Gasteiger partial charge in [-0.2, -0.15) is 0 Å². The van der Waals surface area contributed by atoms with E-state index in [1.165, 1.54) is 0 Å². The van der Waals surface area contributed by atoms with Gasteiger partial charge in [0.05, 0.1) is 12.2 Å². The molecule has 0 unspecified atom stereocenters. The Hall–Kier alpha value is -3.06. The summed E-state index contributed by atoms with van der Waals surface area (Å²) in [5.74, 6) is 0.709. The number of hydrogen-bond acceptors (Lipinski definition) is 5. The molecule has 0 radical (unpaired) electrons. The first-order chi connectivity index (χ1) is 12.9. The first-order valence-electron chi connectivity index (χ1n) is 8.75. The second-order valence-electron chi connectivity index (χ2n) is 7.29. The molecule has 0 bridgehead atoms. The molecule has 0 atom stereocenters. The number of carbonyl (C=O) groups excluding carboxylic acids is 1. The Morgan fingerprint density at radius 2 is 1.93 bits per heavy atom. The molecular formula is C20H24N4O3. The Morgan fingerprint density at radius 1 is 1.19 bits per heavy atom. The molecule has 2 aromatic heterocycles. The first kappa shape index (κ1) is 18.7. The molecule has 0 aliphatic carbocycles. The summed E-state index contributed by atoms with van der Waals surface area (Å²) < 4.78 is 7.97. The quantitative estimate of drug-likeness (QED) is 0.460. The Kier molecular flexibility index (Phi) is 5.32. The molecule has 0 aliphatic rings. The number of amides is 1. The van der Waals surface area contributed by atoms with Crippen LogP contribution in [0.25, 0.3) is 5.65 Å². The van der Waals surface area contributed by atoms with Crippen molar-refractivity contribution in [1.29, 1.82) is 0 Å². The predicted molar refractivity (Wildman–Crippen MR) is 103 cm³/mol. The maximum Gasteiger partial charge on any atom is 0.262 e. The van der Waals surface area contributed by atoms with Crippen LogP contribution in [0.3, 0.4) is 0 Å². The number of nitrogens with one attached hydrogen (secondary N) is 2. The SMILES string of the molecule is CC(C)(C)c1c(NCC(=O)NO)nc2c(OCc3ccccc3)cccn12. The maximum absolute atomic E-state index is 11.4. The highest BCUT2D eigenvalue weighted by Gasteiger charge is 2.26. The highest BCUT2D eigenvalue weighted by Crippen LogP contribution is 2.33. The van der Waals surface area contributed by atoms with Crippen molar-refractivity contribution in [1.82, 2.24) is 14.9 Å². The first-order valence-corrected chi connectivity index (χ1v) is 8.75. The molecule has 1 amide bonds. The topological polar surface area (TPSA) is 87.9 Å². The minimum atomic E-state index is -0.535. The van der Waals surface area contributed by atoms with Gasteiger partial charge in [-0.3, -0.25) is 14.4 Å². The lowest BCUT2D eigenvalue weighted by Crippen LogP contribution is -2.28. The fourth-order valence-electron chi connectivity index (χ4n) is 2.93. The van der Waals surface area contributed by atoms with Crippen LogP contribution in [0.2, 0.25) is 0 Å². The van der Waals surface area contributed by atoms with Crippen molar-refractivity contribution in [2.24, 2.45) is 0 Å². The molecule has 7 nitrogen and oxygen atoms in total. The van der Waals surface area contributed by atoms with E-state index in [4.69, 9.17) is 9.94 Å². The summed E-state index contributed by atoms with van der Waals surface area (Å²) in [6, 6.07) is 13.7. The fraction of sp³-hybridized carbons (Fsp3) is 0.300. The average Bonchev–Trinajstić information content (AvgIpc) is 3.04. The number of aromatic nitrogens is 2. The number of pyridine rings is 1. The summed E-state index contributed by atoms with van der Waals surface area (Å²) in [5.41, 5.74) is 4.06. The van der Waals surface area contributed by atoms with Crippen molar-refractivity contribution in [2.75, 3.05) is 11.9 Å². The summed E-state index contributed by atoms with van der Waals surface area (Å²) in [5, 5.41) is 11.7. The normalized spacial score (nSPS) is 11.4. The number of fused-ring (bicyclic) bond motifs is 1. The summed E-state index contributed by atoms with van der Waals surface area (Å²) in [4.78, 5) is 16.1. The van der Waals surface area contributed by atoms with E-state index in [1.54, 1.807) is 5.48 Å². The van der Waals surface area contributed by atoms with Crippen molar-refractivity contribution in [2.45, 2.75) is 32.8 Å². The number of anilines is 1. The lowest BCUT2D eigenvalue weighted by atomic mass is 9.92. The molecule has 142 valence electrons. The summed E-state index contributed by atoms with van der Waals surface area (Å²) in [6.45, 7) is 6.58. The summed E-state index contributed by atoms with van der Waals surface area (Å²) >= 11 is 0. The Balaban J connectivity index is 1.96. The van der Waals surface area contributed by atoms with Crippen LogP contribution in [-0.2, 0) is 16.8 Å². The molecule has 0 aliphatic heterocycles. The van der Waals surface area contributed by atoms with Crippen molar-refractivity contribution in [3.05, 3.63) is 59.9 Å². The molecule has 7 heteroatoms. The van der Waals surface area contributed by atoms with Crippen LogP contribution in [0.5, 0.6) is 5.75 Å². The van der Waals surface area contributed by atoms with Gasteiger partial charge in [0.1, 0.15) is 12.4 Å². The number of ether oxygens (including phenoxy) is 1. The van der Waals surface area contributed by atoms with E-state index in [1.807, 2.05) is 53.1 Å². The molecule has 1 aromatic carbocycles. The summed E-state index contributed by atoms with van der Waals surface area (Å²) in [7, 11) is 0. The van der Waals surface area contributed by atoms with Crippen molar-refractivity contribution in [3.63, 3.8) is 0 Å². The minimum absolute atomic E-state index is 0.0797. The monoisotopic (exact) mass is 368 g/mol. The Bertz CT molecular complexity index is 930. The zero-order valence-corrected chi connectivity index (χ0v) is 15.7. The number of hydrogen-bond donors (Lipinski definition) is 3. The predicted octanol–water partition coefficient (Wildman–Crippen LogP) is 3.13. The van der Waals surface area contributed by atoms with Crippen LogP contribution in [0, 0.1) is 0 Å². The third-order valence-corrected chi connectivity index (χ3v) is 4.10. The Morgan fingerprint density at radius 3 is 2.59 bits per heavy atom. The van der Waals surface area contributed by atoms with Gasteiger partial charge in [0.25, 0.3) is 5.91 Å². The average molecular weight is 368 g/mol. The van der Waals surface area contributed by atoms with Gasteiger partial charge in [0.2, 0.25) is 0 Å². The molecule has 0 spiro atoms. The molecule has 2 heterocycles. The third kappa shape index (κ3) is 4.20. The van der Waals surface area contributed by atoms with Gasteiger partial charge in [-0.15, -0.1) is 0 Å². The second kappa shape index (κ2) is 7.67. The molecule has 0 fully saturated rings. The Labute approximate surface area is 158 Å². The van der Waals surface area contributed by atoms with Gasteiger partial charge in [0, 0.05) is 11.6 Å². The molecule has 0 saturated carbocycles. The van der Waals surface area contributed by atoms with Crippen LogP contribution in [-0.4, -0.2) is 27.0 Å². The molecule has 3 rings (SSSR count). The molecule has 27 heavy (non-hydrogen) atoms. The van der Waals surface area contributed by atoms with Crippen LogP contribution < -0.4 is 15.5 Å². The lowest BCUT2D eigenvalue weighted by molar-refractivity contribution is -0.127. The van der Waals surface area contributed by atoms with E-state index in [-0.39, 0.29) is 12.0 Å². The number of benzene rings is 1. The second-order valence-corrected chi connectivity index (χ2v) is 7.29. The van der Waals surface area contributed by atoms with Crippen molar-refractivity contribution in [3.8, 4) is 5.75 Å². The molecule has 3 N–H and O–H groups in total. The van der Waals surface area contributed by atoms with E-state index in [0.29, 0.717) is 23.8 Å². The highest BCUT2D eigenvalue weighted by atomic mass is 16.5. The van der Waals surface area contributed by atoms with Gasteiger partial charge in [-0.1, -0.05) is 51.1 Å². The van der Waals surface area contributed by atoms with Gasteiger partial charge in [-0.05, 0) is 17.7 Å². The smallest absolute Gasteiger partial charge is 0.262 e. The van der Waals surface area contributed by atoms with E-state index in [9.17, 15) is 4.79 Å². The van der Waals surface area contributed by atoms with Crippen molar-refractivity contribution < 1.29 is 14.7 Å². The van der Waals surface area contributed by atoms with E-state index in [2.05, 4.69) is 31.1 Å². The van der Waals surface area contributed by atoms with Crippen molar-refractivity contribution >= 4 is 17.4 Å². The fourth-order valence-corrected chi connectivity index (χ4v) is 2.93. The largest absolute Gasteiger partial charge is 0.485 e. The van der Waals surface area contributed by atoms with Crippen LogP contribution >= 0.6 is 0 Å². The van der Waals surface area contributed by atoms with Crippen LogP contribution in [0.1, 0.15) is 32.0 Å². The van der Waals surface area contributed by atoms with E-state index >= 15 is 0 Å². The zero-order valence-electron chi connectivity index (χ0n) is 15.7. The lowest BCUT2D eigenvalue weighted by Gasteiger charge is -2.20. The highest BCUT2D eigenvalue weighted by molar-refractivity contribution is 5.79. The van der Waals surface area contributed by atoms with Gasteiger partial charge >= 0.3 is 0 Å². The third-order valence-electron chi connectivity index (χ3n) is 4.10. The molecule has 0 saturated heterocycles. The number of nitrogens with zero attached hydrogens (tertiary/aromatic N) is 2. The van der Waals surface area contributed by atoms with Crippen LogP contribution in [0.4, 0.5) is 5.82 Å². The molecular weight excluding hydrogens is 344 g/mol.